The van der Waals surface area contributed by atoms with Crippen LogP contribution in [-0.2, 0) is 13.1 Å². The number of ether oxygens (including phenoxy) is 1. The Hall–Kier alpha value is -3.14. The Bertz CT molecular complexity index is 989. The predicted octanol–water partition coefficient (Wildman–Crippen LogP) is 4.70. The first-order valence-electron chi connectivity index (χ1n) is 10.7. The Labute approximate surface area is 189 Å². The van der Waals surface area contributed by atoms with Gasteiger partial charge in [0.05, 0.1) is 4.92 Å². The van der Waals surface area contributed by atoms with Gasteiger partial charge in [0, 0.05) is 19.2 Å². The number of carbonyl (C=O) groups is 1. The van der Waals surface area contributed by atoms with Gasteiger partial charge in [0.2, 0.25) is 0 Å². The molecule has 0 unspecified atom stereocenters. The summed E-state index contributed by atoms with van der Waals surface area (Å²) < 4.78 is 41.9. The zero-order valence-electron chi connectivity index (χ0n) is 18.2. The van der Waals surface area contributed by atoms with Crippen LogP contribution >= 0.6 is 0 Å². The van der Waals surface area contributed by atoms with Crippen LogP contribution < -0.4 is 10.1 Å². The summed E-state index contributed by atoms with van der Waals surface area (Å²) in [5.74, 6) is -0.328. The first kappa shape index (κ1) is 24.5. The van der Waals surface area contributed by atoms with E-state index in [1.54, 1.807) is 0 Å². The van der Waals surface area contributed by atoms with Gasteiger partial charge in [-0.25, -0.2) is 0 Å². The summed E-state index contributed by atoms with van der Waals surface area (Å²) in [4.78, 5) is 25.7. The zero-order chi connectivity index (χ0) is 24.0. The van der Waals surface area contributed by atoms with E-state index in [-0.39, 0.29) is 17.9 Å². The van der Waals surface area contributed by atoms with E-state index in [4.69, 9.17) is 0 Å². The maximum atomic E-state index is 12.7. The van der Waals surface area contributed by atoms with Crippen molar-refractivity contribution in [2.24, 2.45) is 5.92 Å². The molecule has 0 bridgehead atoms. The molecular weight excluding hydrogens is 439 g/mol. The second-order valence-corrected chi connectivity index (χ2v) is 8.25. The molecule has 10 heteroatoms. The maximum Gasteiger partial charge on any atom is 0.422 e. The van der Waals surface area contributed by atoms with Gasteiger partial charge in [0.1, 0.15) is 11.3 Å². The smallest absolute Gasteiger partial charge is 0.422 e. The minimum atomic E-state index is -4.57. The van der Waals surface area contributed by atoms with Crippen molar-refractivity contribution in [3.63, 3.8) is 0 Å². The molecule has 0 atom stereocenters. The van der Waals surface area contributed by atoms with E-state index in [9.17, 15) is 28.1 Å². The van der Waals surface area contributed by atoms with Gasteiger partial charge >= 0.3 is 6.18 Å². The molecule has 0 saturated carbocycles. The van der Waals surface area contributed by atoms with Crippen molar-refractivity contribution in [3.8, 4) is 5.75 Å². The Morgan fingerprint density at radius 1 is 1.18 bits per heavy atom. The van der Waals surface area contributed by atoms with E-state index in [0.717, 1.165) is 61.8 Å². The summed E-state index contributed by atoms with van der Waals surface area (Å²) >= 11 is 0. The number of rotatable bonds is 8. The fourth-order valence-corrected chi connectivity index (χ4v) is 3.73. The molecule has 1 fully saturated rings. The number of hydrogen-bond donors (Lipinski definition) is 1. The number of nitro benzene ring substituents is 1. The minimum absolute atomic E-state index is 0.129. The van der Waals surface area contributed by atoms with Crippen molar-refractivity contribution >= 4 is 11.6 Å². The van der Waals surface area contributed by atoms with Crippen LogP contribution in [0.5, 0.6) is 5.75 Å². The highest BCUT2D eigenvalue weighted by Gasteiger charge is 2.29. The Balaban J connectivity index is 1.71. The van der Waals surface area contributed by atoms with Crippen molar-refractivity contribution < 1.29 is 27.6 Å². The second kappa shape index (κ2) is 10.7. The normalized spacial score (nSPS) is 15.3. The number of halogens is 3. The summed E-state index contributed by atoms with van der Waals surface area (Å²) in [5.41, 5.74) is 1.05. The largest absolute Gasteiger partial charge is 0.484 e. The average Bonchev–Trinajstić information content (AvgIpc) is 2.77. The fraction of sp³-hybridized carbons (Fsp3) is 0.435. The standard InChI is InChI=1S/C23H26F3N3O4/c1-16-8-10-28(11-9-16)14-18-5-3-2-4-17(18)13-27-22(30)20-12-19(33-15-23(24,25)26)6-7-21(20)29(31)32/h2-7,12,16H,8-11,13-15H2,1H3,(H,27,30). The van der Waals surface area contributed by atoms with Crippen molar-refractivity contribution in [1.29, 1.82) is 0 Å². The number of benzene rings is 2. The number of nitrogens with one attached hydrogen (secondary N) is 1. The molecule has 1 N–H and O–H groups in total. The highest BCUT2D eigenvalue weighted by atomic mass is 19.4. The zero-order valence-corrected chi connectivity index (χ0v) is 18.2. The molecule has 1 aliphatic rings. The van der Waals surface area contributed by atoms with Crippen LogP contribution in [0, 0.1) is 16.0 Å². The van der Waals surface area contributed by atoms with E-state index in [1.807, 2.05) is 24.3 Å². The molecule has 1 heterocycles. The van der Waals surface area contributed by atoms with Gasteiger partial charge in [0.25, 0.3) is 11.6 Å². The van der Waals surface area contributed by atoms with Crippen molar-refractivity contribution in [2.45, 2.75) is 39.0 Å². The van der Waals surface area contributed by atoms with Gasteiger partial charge in [0.15, 0.2) is 6.61 Å². The summed E-state index contributed by atoms with van der Waals surface area (Å²) in [6.45, 7) is 3.54. The lowest BCUT2D eigenvalue weighted by Gasteiger charge is -2.30. The monoisotopic (exact) mass is 465 g/mol. The Kier molecular flexibility index (Phi) is 7.91. The molecular formula is C23H26F3N3O4. The molecule has 1 aliphatic heterocycles. The number of likely N-dealkylation sites (tertiary alicyclic amines) is 1. The third kappa shape index (κ3) is 7.18. The van der Waals surface area contributed by atoms with E-state index in [2.05, 4.69) is 21.9 Å². The summed E-state index contributed by atoms with van der Waals surface area (Å²) in [6.07, 6.45) is -2.30. The maximum absolute atomic E-state index is 12.7. The summed E-state index contributed by atoms with van der Waals surface area (Å²) in [6, 6.07) is 10.6. The van der Waals surface area contributed by atoms with Crippen LogP contribution in [0.1, 0.15) is 41.3 Å². The van der Waals surface area contributed by atoms with Crippen molar-refractivity contribution in [2.75, 3.05) is 19.7 Å². The molecule has 33 heavy (non-hydrogen) atoms. The van der Waals surface area contributed by atoms with Crippen molar-refractivity contribution in [1.82, 2.24) is 10.2 Å². The van der Waals surface area contributed by atoms with E-state index >= 15 is 0 Å². The minimum Gasteiger partial charge on any atom is -0.484 e. The van der Waals surface area contributed by atoms with Gasteiger partial charge in [-0.2, -0.15) is 13.2 Å². The molecule has 3 rings (SSSR count). The van der Waals surface area contributed by atoms with E-state index < -0.39 is 29.3 Å². The van der Waals surface area contributed by atoms with Crippen LogP contribution in [0.25, 0.3) is 0 Å². The second-order valence-electron chi connectivity index (χ2n) is 8.25. The number of alkyl halides is 3. The molecule has 7 nitrogen and oxygen atoms in total. The lowest BCUT2D eigenvalue weighted by Crippen LogP contribution is -2.33. The van der Waals surface area contributed by atoms with Gasteiger partial charge in [-0.1, -0.05) is 31.2 Å². The number of nitrogens with zero attached hydrogens (tertiary/aromatic N) is 2. The van der Waals surface area contributed by atoms with Crippen LogP contribution in [0.4, 0.5) is 18.9 Å². The first-order chi connectivity index (χ1) is 15.6. The SMILES string of the molecule is CC1CCN(Cc2ccccc2CNC(=O)c2cc(OCC(F)(F)F)ccc2[N+](=O)[O-])CC1. The van der Waals surface area contributed by atoms with Crippen LogP contribution in [0.3, 0.4) is 0 Å². The summed E-state index contributed by atoms with van der Waals surface area (Å²) in [5, 5.41) is 14.0. The molecule has 0 radical (unpaired) electrons. The highest BCUT2D eigenvalue weighted by Crippen LogP contribution is 2.26. The number of amides is 1. The van der Waals surface area contributed by atoms with Gasteiger partial charge in [-0.3, -0.25) is 19.8 Å². The molecule has 1 saturated heterocycles. The predicted molar refractivity (Wildman–Crippen MR) is 116 cm³/mol. The molecule has 2 aromatic carbocycles. The molecule has 0 aromatic heterocycles. The fourth-order valence-electron chi connectivity index (χ4n) is 3.73. The van der Waals surface area contributed by atoms with E-state index in [0.29, 0.717) is 5.92 Å². The summed E-state index contributed by atoms with van der Waals surface area (Å²) in [7, 11) is 0. The third-order valence-electron chi connectivity index (χ3n) is 5.64. The molecule has 2 aromatic rings. The number of nitro groups is 1. The lowest BCUT2D eigenvalue weighted by atomic mass is 9.98. The van der Waals surface area contributed by atoms with Gasteiger partial charge < -0.3 is 10.1 Å². The average molecular weight is 465 g/mol. The van der Waals surface area contributed by atoms with Gasteiger partial charge in [-0.05, 0) is 55.1 Å². The van der Waals surface area contributed by atoms with Crippen LogP contribution in [-0.4, -0.2) is 41.6 Å². The topological polar surface area (TPSA) is 84.7 Å². The van der Waals surface area contributed by atoms with E-state index in [1.165, 1.54) is 0 Å². The molecule has 0 aliphatic carbocycles. The number of piperidine rings is 1. The number of carbonyl (C=O) groups excluding carboxylic acids is 1. The Morgan fingerprint density at radius 3 is 2.48 bits per heavy atom. The van der Waals surface area contributed by atoms with Crippen LogP contribution in [0.2, 0.25) is 0 Å². The van der Waals surface area contributed by atoms with Crippen LogP contribution in [0.15, 0.2) is 42.5 Å². The quantitative estimate of drug-likeness (QED) is 0.451. The molecule has 178 valence electrons. The molecule has 0 spiro atoms. The lowest BCUT2D eigenvalue weighted by molar-refractivity contribution is -0.385. The number of hydrogen-bond acceptors (Lipinski definition) is 5. The highest BCUT2D eigenvalue weighted by molar-refractivity contribution is 5.98. The Morgan fingerprint density at radius 2 is 1.85 bits per heavy atom. The third-order valence-corrected chi connectivity index (χ3v) is 5.64. The first-order valence-corrected chi connectivity index (χ1v) is 10.7. The molecule has 1 amide bonds. The van der Waals surface area contributed by atoms with Crippen molar-refractivity contribution in [3.05, 3.63) is 69.3 Å². The van der Waals surface area contributed by atoms with Gasteiger partial charge in [-0.15, -0.1) is 0 Å².